The van der Waals surface area contributed by atoms with Gasteiger partial charge in [0.1, 0.15) is 0 Å². The summed E-state index contributed by atoms with van der Waals surface area (Å²) in [6.07, 6.45) is 0. The van der Waals surface area contributed by atoms with Gasteiger partial charge in [0, 0.05) is 37.2 Å². The van der Waals surface area contributed by atoms with E-state index in [1.54, 1.807) is 0 Å². The van der Waals surface area contributed by atoms with E-state index in [-0.39, 0.29) is 0 Å². The molecule has 11 aromatic rings. The Labute approximate surface area is 278 Å². The van der Waals surface area contributed by atoms with Gasteiger partial charge in [-0.15, -0.1) is 11.3 Å². The molecule has 0 bridgehead atoms. The highest BCUT2D eigenvalue weighted by Gasteiger charge is 2.24. The fourth-order valence-corrected chi connectivity index (χ4v) is 9.13. The summed E-state index contributed by atoms with van der Waals surface area (Å²) in [6.45, 7) is 0. The maximum atomic E-state index is 5.57. The number of rotatable bonds is 2. The van der Waals surface area contributed by atoms with E-state index in [1.807, 2.05) is 11.3 Å². The zero-order chi connectivity index (χ0) is 31.3. The fraction of sp³-hybridized carbons (Fsp3) is 0. The highest BCUT2D eigenvalue weighted by Crippen LogP contribution is 2.48. The van der Waals surface area contributed by atoms with Crippen LogP contribution in [0.2, 0.25) is 0 Å². The number of nitrogens with zero attached hydrogens (tertiary/aromatic N) is 3. The molecule has 3 aromatic heterocycles. The first-order valence-electron chi connectivity index (χ1n) is 16.3. The van der Waals surface area contributed by atoms with Gasteiger partial charge in [0.25, 0.3) is 0 Å². The van der Waals surface area contributed by atoms with Gasteiger partial charge >= 0.3 is 0 Å². The van der Waals surface area contributed by atoms with Gasteiger partial charge in [-0.25, -0.2) is 9.97 Å². The lowest BCUT2D eigenvalue weighted by Crippen LogP contribution is -2.04. The number of benzene rings is 8. The van der Waals surface area contributed by atoms with Crippen LogP contribution in [0.3, 0.4) is 0 Å². The monoisotopic (exact) mass is 627 g/mol. The van der Waals surface area contributed by atoms with Crippen LogP contribution in [0.15, 0.2) is 152 Å². The van der Waals surface area contributed by atoms with Gasteiger partial charge in [-0.3, -0.25) is 4.57 Å². The van der Waals surface area contributed by atoms with Crippen molar-refractivity contribution in [3.63, 3.8) is 0 Å². The lowest BCUT2D eigenvalue weighted by molar-refractivity contribution is 1.02. The van der Waals surface area contributed by atoms with Gasteiger partial charge in [-0.1, -0.05) is 127 Å². The molecule has 222 valence electrons. The summed E-state index contributed by atoms with van der Waals surface area (Å²) in [7, 11) is 0. The van der Waals surface area contributed by atoms with Crippen LogP contribution in [0, 0.1) is 0 Å². The first-order valence-corrected chi connectivity index (χ1v) is 17.1. The Balaban J connectivity index is 1.35. The van der Waals surface area contributed by atoms with Gasteiger partial charge in [0.15, 0.2) is 0 Å². The lowest BCUT2D eigenvalue weighted by Gasteiger charge is -2.14. The topological polar surface area (TPSA) is 30.7 Å². The van der Waals surface area contributed by atoms with E-state index in [9.17, 15) is 0 Å². The Morgan fingerprint density at radius 1 is 0.458 bits per heavy atom. The highest BCUT2D eigenvalue weighted by molar-refractivity contribution is 7.27. The predicted molar refractivity (Wildman–Crippen MR) is 205 cm³/mol. The average Bonchev–Trinajstić information content (AvgIpc) is 3.71. The van der Waals surface area contributed by atoms with Crippen molar-refractivity contribution in [2.24, 2.45) is 0 Å². The summed E-state index contributed by atoms with van der Waals surface area (Å²) in [5.74, 6) is 0.682. The minimum atomic E-state index is 0.682. The Morgan fingerprint density at radius 2 is 1.10 bits per heavy atom. The van der Waals surface area contributed by atoms with E-state index in [4.69, 9.17) is 9.97 Å². The van der Waals surface area contributed by atoms with Crippen LogP contribution in [-0.2, 0) is 0 Å². The minimum absolute atomic E-state index is 0.682. The van der Waals surface area contributed by atoms with E-state index in [0.717, 1.165) is 38.6 Å². The first kappa shape index (κ1) is 26.0. The van der Waals surface area contributed by atoms with E-state index in [0.29, 0.717) is 5.95 Å². The standard InChI is InChI=1S/C44H25N3S/c1-2-13-28-25-29(22-21-26(28)11-1)41-40-30-14-4-3-12-27(30)23-24-35(40)45-44(46-41)47-36-19-9-7-17-33(36)38-31-15-5-6-16-32(31)39-34-18-8-10-20-37(34)48-43(39)42(38)47/h1-25H. The third-order valence-corrected chi connectivity index (χ3v) is 11.1. The van der Waals surface area contributed by atoms with E-state index < -0.39 is 0 Å². The molecule has 0 unspecified atom stereocenters. The maximum Gasteiger partial charge on any atom is 0.235 e. The summed E-state index contributed by atoms with van der Waals surface area (Å²) in [5, 5.41) is 13.4. The van der Waals surface area contributed by atoms with E-state index in [1.165, 1.54) is 57.9 Å². The quantitative estimate of drug-likeness (QED) is 0.179. The van der Waals surface area contributed by atoms with Crippen molar-refractivity contribution in [3.05, 3.63) is 152 Å². The van der Waals surface area contributed by atoms with Crippen molar-refractivity contribution in [2.75, 3.05) is 0 Å². The van der Waals surface area contributed by atoms with Gasteiger partial charge in [0.2, 0.25) is 5.95 Å². The molecule has 8 aromatic carbocycles. The molecule has 11 rings (SSSR count). The van der Waals surface area contributed by atoms with Crippen LogP contribution in [0.25, 0.3) is 102 Å². The second kappa shape index (κ2) is 9.71. The molecule has 0 aliphatic rings. The molecule has 0 N–H and O–H groups in total. The van der Waals surface area contributed by atoms with Gasteiger partial charge < -0.3 is 0 Å². The lowest BCUT2D eigenvalue weighted by atomic mass is 9.98. The number of hydrogen-bond donors (Lipinski definition) is 0. The van der Waals surface area contributed by atoms with Crippen LogP contribution >= 0.6 is 11.3 Å². The van der Waals surface area contributed by atoms with Crippen LogP contribution in [0.5, 0.6) is 0 Å². The van der Waals surface area contributed by atoms with Crippen molar-refractivity contribution in [1.29, 1.82) is 0 Å². The summed E-state index contributed by atoms with van der Waals surface area (Å²) >= 11 is 1.86. The largest absolute Gasteiger partial charge is 0.276 e. The van der Waals surface area contributed by atoms with E-state index in [2.05, 4.69) is 156 Å². The summed E-state index contributed by atoms with van der Waals surface area (Å²) < 4.78 is 4.87. The van der Waals surface area contributed by atoms with Crippen molar-refractivity contribution >= 4 is 96.5 Å². The third kappa shape index (κ3) is 3.52. The highest BCUT2D eigenvalue weighted by atomic mass is 32.1. The van der Waals surface area contributed by atoms with Gasteiger partial charge in [0.05, 0.1) is 26.9 Å². The Hall–Kier alpha value is -6.10. The molecule has 0 aliphatic carbocycles. The minimum Gasteiger partial charge on any atom is -0.276 e. The molecule has 0 radical (unpaired) electrons. The number of hydrogen-bond acceptors (Lipinski definition) is 3. The second-order valence-corrected chi connectivity index (χ2v) is 13.6. The smallest absolute Gasteiger partial charge is 0.235 e. The third-order valence-electron chi connectivity index (χ3n) is 9.95. The molecular weight excluding hydrogens is 603 g/mol. The summed E-state index contributed by atoms with van der Waals surface area (Å²) in [6, 6.07) is 54.5. The molecule has 48 heavy (non-hydrogen) atoms. The number of aromatic nitrogens is 3. The molecule has 0 saturated carbocycles. The zero-order valence-electron chi connectivity index (χ0n) is 25.7. The normalized spacial score (nSPS) is 12.2. The van der Waals surface area contributed by atoms with Crippen molar-refractivity contribution < 1.29 is 0 Å². The SMILES string of the molecule is c1ccc2cc(-c3nc(-n4c5ccccc5c5c6ccccc6c6c7ccccc7sc6c54)nc4ccc5ccccc5c34)ccc2c1. The van der Waals surface area contributed by atoms with Crippen molar-refractivity contribution in [3.8, 4) is 17.2 Å². The average molecular weight is 628 g/mol. The molecular formula is C44H25N3S. The molecule has 0 aliphatic heterocycles. The Morgan fingerprint density at radius 3 is 1.96 bits per heavy atom. The van der Waals surface area contributed by atoms with Gasteiger partial charge in [-0.05, 0) is 56.6 Å². The molecule has 4 heteroatoms. The van der Waals surface area contributed by atoms with Crippen LogP contribution < -0.4 is 0 Å². The van der Waals surface area contributed by atoms with Crippen LogP contribution in [-0.4, -0.2) is 14.5 Å². The van der Waals surface area contributed by atoms with Crippen molar-refractivity contribution in [1.82, 2.24) is 14.5 Å². The predicted octanol–water partition coefficient (Wildman–Crippen LogP) is 12.2. The Kier molecular flexibility index (Phi) is 5.26. The second-order valence-electron chi connectivity index (χ2n) is 12.5. The van der Waals surface area contributed by atoms with Crippen molar-refractivity contribution in [2.45, 2.75) is 0 Å². The maximum absolute atomic E-state index is 5.57. The zero-order valence-corrected chi connectivity index (χ0v) is 26.5. The van der Waals surface area contributed by atoms with E-state index >= 15 is 0 Å². The van der Waals surface area contributed by atoms with Gasteiger partial charge in [-0.2, -0.15) is 0 Å². The first-order chi connectivity index (χ1) is 23.8. The number of fused-ring (bicyclic) bond motifs is 14. The molecule has 0 amide bonds. The fourth-order valence-electron chi connectivity index (χ4n) is 7.87. The molecule has 3 heterocycles. The molecule has 0 atom stereocenters. The summed E-state index contributed by atoms with van der Waals surface area (Å²) in [5.41, 5.74) is 5.22. The summed E-state index contributed by atoms with van der Waals surface area (Å²) in [4.78, 5) is 11.0. The molecule has 0 saturated heterocycles. The Bertz CT molecular complexity index is 3130. The number of thiophene rings is 1. The molecule has 3 nitrogen and oxygen atoms in total. The number of para-hydroxylation sites is 1. The van der Waals surface area contributed by atoms with Crippen LogP contribution in [0.4, 0.5) is 0 Å². The van der Waals surface area contributed by atoms with Crippen LogP contribution in [0.1, 0.15) is 0 Å². The molecule has 0 fully saturated rings. The molecule has 0 spiro atoms.